The molecule has 1 aliphatic rings. The molecule has 126 valence electrons. The molecule has 0 fully saturated rings. The first-order valence-electron chi connectivity index (χ1n) is 7.91. The highest BCUT2D eigenvalue weighted by Gasteiger charge is 2.27. The van der Waals surface area contributed by atoms with E-state index in [1.807, 2.05) is 55.6 Å². The van der Waals surface area contributed by atoms with E-state index in [1.54, 1.807) is 19.0 Å². The minimum atomic E-state index is -0.327. The molecule has 24 heavy (non-hydrogen) atoms. The second-order valence-electron chi connectivity index (χ2n) is 6.15. The molecule has 0 saturated carbocycles. The van der Waals surface area contributed by atoms with E-state index in [0.717, 1.165) is 22.6 Å². The summed E-state index contributed by atoms with van der Waals surface area (Å²) in [5, 5.41) is 0. The Hall–Kier alpha value is -2.53. The van der Waals surface area contributed by atoms with Crippen LogP contribution in [-0.2, 0) is 11.3 Å². The van der Waals surface area contributed by atoms with Gasteiger partial charge in [0.05, 0.1) is 0 Å². The predicted octanol–water partition coefficient (Wildman–Crippen LogP) is 2.68. The third-order valence-electron chi connectivity index (χ3n) is 4.10. The average molecular weight is 326 g/mol. The Morgan fingerprint density at radius 3 is 2.46 bits per heavy atom. The lowest BCUT2D eigenvalue weighted by Gasteiger charge is -2.29. The van der Waals surface area contributed by atoms with Gasteiger partial charge in [-0.1, -0.05) is 36.4 Å². The van der Waals surface area contributed by atoms with Crippen LogP contribution in [0.5, 0.6) is 11.5 Å². The van der Waals surface area contributed by atoms with Crippen LogP contribution >= 0.6 is 0 Å². The van der Waals surface area contributed by atoms with Crippen molar-refractivity contribution in [2.24, 2.45) is 0 Å². The summed E-state index contributed by atoms with van der Waals surface area (Å²) < 4.78 is 10.8. The number of carbonyl (C=O) groups is 1. The zero-order chi connectivity index (χ0) is 17.1. The van der Waals surface area contributed by atoms with Crippen LogP contribution in [0, 0.1) is 0 Å². The van der Waals surface area contributed by atoms with Crippen molar-refractivity contribution in [3.63, 3.8) is 0 Å². The summed E-state index contributed by atoms with van der Waals surface area (Å²) in [5.74, 6) is 1.59. The fraction of sp³-hybridized carbons (Fsp3) is 0.316. The van der Waals surface area contributed by atoms with Crippen LogP contribution in [0.4, 0.5) is 0 Å². The number of benzene rings is 2. The molecule has 0 aromatic heterocycles. The first-order chi connectivity index (χ1) is 11.6. The Balaban J connectivity index is 1.83. The number of ether oxygens (including phenoxy) is 2. The number of hydrogen-bond acceptors (Lipinski definition) is 4. The summed E-state index contributed by atoms with van der Waals surface area (Å²) in [4.78, 5) is 16.4. The van der Waals surface area contributed by atoms with Crippen molar-refractivity contribution in [1.82, 2.24) is 9.80 Å². The number of rotatable bonds is 5. The summed E-state index contributed by atoms with van der Waals surface area (Å²) >= 11 is 0. The summed E-state index contributed by atoms with van der Waals surface area (Å²) in [7, 11) is 5.53. The lowest BCUT2D eigenvalue weighted by Crippen LogP contribution is -2.37. The van der Waals surface area contributed by atoms with E-state index in [-0.39, 0.29) is 18.7 Å². The van der Waals surface area contributed by atoms with Gasteiger partial charge < -0.3 is 14.4 Å². The summed E-state index contributed by atoms with van der Waals surface area (Å²) in [5.41, 5.74) is 2.06. The van der Waals surface area contributed by atoms with Gasteiger partial charge in [0.1, 0.15) is 6.04 Å². The van der Waals surface area contributed by atoms with Gasteiger partial charge in [0.15, 0.2) is 11.5 Å². The first-order valence-corrected chi connectivity index (χ1v) is 7.91. The van der Waals surface area contributed by atoms with Crippen LogP contribution in [-0.4, -0.2) is 43.6 Å². The quantitative estimate of drug-likeness (QED) is 0.847. The Bertz CT molecular complexity index is 716. The number of likely N-dealkylation sites (N-methyl/N-ethyl adjacent to an activating group) is 2. The minimum Gasteiger partial charge on any atom is -0.454 e. The molecule has 2 aromatic carbocycles. The van der Waals surface area contributed by atoms with E-state index >= 15 is 0 Å². The molecule has 0 aliphatic carbocycles. The van der Waals surface area contributed by atoms with Gasteiger partial charge >= 0.3 is 0 Å². The van der Waals surface area contributed by atoms with Gasteiger partial charge in [0.2, 0.25) is 12.7 Å². The normalized spacial score (nSPS) is 13.8. The maximum absolute atomic E-state index is 12.7. The van der Waals surface area contributed by atoms with E-state index in [1.165, 1.54) is 0 Å². The molecular weight excluding hydrogens is 304 g/mol. The SMILES string of the molecule is CN(C)C(=O)[C@H](c1ccccc1)N(C)Cc1ccc2c(c1)OCO2. The van der Waals surface area contributed by atoms with Crippen LogP contribution in [0.15, 0.2) is 48.5 Å². The van der Waals surface area contributed by atoms with E-state index in [2.05, 4.69) is 4.90 Å². The molecule has 0 N–H and O–H groups in total. The molecular formula is C19H22N2O3. The summed E-state index contributed by atoms with van der Waals surface area (Å²) in [6.07, 6.45) is 0. The summed E-state index contributed by atoms with van der Waals surface area (Å²) in [6, 6.07) is 15.4. The van der Waals surface area contributed by atoms with Crippen LogP contribution in [0.3, 0.4) is 0 Å². The molecule has 0 unspecified atom stereocenters. The number of amides is 1. The van der Waals surface area contributed by atoms with E-state index in [0.29, 0.717) is 6.54 Å². The van der Waals surface area contributed by atoms with Crippen molar-refractivity contribution in [3.8, 4) is 11.5 Å². The van der Waals surface area contributed by atoms with Gasteiger partial charge in [-0.15, -0.1) is 0 Å². The highest BCUT2D eigenvalue weighted by molar-refractivity contribution is 5.82. The van der Waals surface area contributed by atoms with Crippen LogP contribution in [0.1, 0.15) is 17.2 Å². The fourth-order valence-electron chi connectivity index (χ4n) is 2.88. The van der Waals surface area contributed by atoms with E-state index in [9.17, 15) is 4.79 Å². The van der Waals surface area contributed by atoms with Gasteiger partial charge in [0, 0.05) is 20.6 Å². The maximum Gasteiger partial charge on any atom is 0.244 e. The smallest absolute Gasteiger partial charge is 0.244 e. The molecule has 0 saturated heterocycles. The fourth-order valence-corrected chi connectivity index (χ4v) is 2.88. The van der Waals surface area contributed by atoms with Gasteiger partial charge in [0.25, 0.3) is 0 Å². The van der Waals surface area contributed by atoms with Crippen molar-refractivity contribution < 1.29 is 14.3 Å². The van der Waals surface area contributed by atoms with Gasteiger partial charge in [-0.2, -0.15) is 0 Å². The monoisotopic (exact) mass is 326 g/mol. The number of nitrogens with zero attached hydrogens (tertiary/aromatic N) is 2. The topological polar surface area (TPSA) is 42.0 Å². The highest BCUT2D eigenvalue weighted by Crippen LogP contribution is 2.33. The molecule has 5 nitrogen and oxygen atoms in total. The Morgan fingerprint density at radius 1 is 1.04 bits per heavy atom. The molecule has 2 aromatic rings. The molecule has 0 bridgehead atoms. The Labute approximate surface area is 142 Å². The highest BCUT2D eigenvalue weighted by atomic mass is 16.7. The molecule has 5 heteroatoms. The molecule has 1 heterocycles. The number of carbonyl (C=O) groups excluding carboxylic acids is 1. The zero-order valence-corrected chi connectivity index (χ0v) is 14.2. The third kappa shape index (κ3) is 3.36. The van der Waals surface area contributed by atoms with Crippen molar-refractivity contribution >= 4 is 5.91 Å². The third-order valence-corrected chi connectivity index (χ3v) is 4.10. The van der Waals surface area contributed by atoms with Crippen LogP contribution in [0.25, 0.3) is 0 Å². The standard InChI is InChI=1S/C19H22N2O3/c1-20(2)19(22)18(15-7-5-4-6-8-15)21(3)12-14-9-10-16-17(11-14)24-13-23-16/h4-11,18H,12-13H2,1-3H3/t18-/m0/s1. The van der Waals surface area contributed by atoms with E-state index < -0.39 is 0 Å². The summed E-state index contributed by atoms with van der Waals surface area (Å²) in [6.45, 7) is 0.899. The maximum atomic E-state index is 12.7. The predicted molar refractivity (Wildman–Crippen MR) is 91.9 cm³/mol. The van der Waals surface area contributed by atoms with Crippen molar-refractivity contribution in [2.75, 3.05) is 27.9 Å². The minimum absolute atomic E-state index is 0.0597. The molecule has 3 rings (SSSR count). The Morgan fingerprint density at radius 2 is 1.75 bits per heavy atom. The molecule has 0 spiro atoms. The van der Waals surface area contributed by atoms with Gasteiger partial charge in [-0.25, -0.2) is 0 Å². The number of fused-ring (bicyclic) bond motifs is 1. The van der Waals surface area contributed by atoms with Crippen LogP contribution < -0.4 is 9.47 Å². The number of hydrogen-bond donors (Lipinski definition) is 0. The van der Waals surface area contributed by atoms with Crippen molar-refractivity contribution in [1.29, 1.82) is 0 Å². The lowest BCUT2D eigenvalue weighted by atomic mass is 10.0. The van der Waals surface area contributed by atoms with Crippen molar-refractivity contribution in [3.05, 3.63) is 59.7 Å². The molecule has 1 amide bonds. The van der Waals surface area contributed by atoms with E-state index in [4.69, 9.17) is 9.47 Å². The largest absolute Gasteiger partial charge is 0.454 e. The van der Waals surface area contributed by atoms with Gasteiger partial charge in [-0.3, -0.25) is 9.69 Å². The Kier molecular flexibility index (Phi) is 4.71. The average Bonchev–Trinajstić information content (AvgIpc) is 3.03. The zero-order valence-electron chi connectivity index (χ0n) is 14.2. The molecule has 1 atom stereocenters. The van der Waals surface area contributed by atoms with Gasteiger partial charge in [-0.05, 0) is 30.3 Å². The second-order valence-corrected chi connectivity index (χ2v) is 6.15. The molecule has 0 radical (unpaired) electrons. The lowest BCUT2D eigenvalue weighted by molar-refractivity contribution is -0.134. The van der Waals surface area contributed by atoms with Crippen LogP contribution in [0.2, 0.25) is 0 Å². The van der Waals surface area contributed by atoms with Crippen molar-refractivity contribution in [2.45, 2.75) is 12.6 Å². The second kappa shape index (κ2) is 6.93. The molecule has 1 aliphatic heterocycles. The first kappa shape index (κ1) is 16.3.